The molecule has 0 spiro atoms. The number of hydrogen-bond donors (Lipinski definition) is 1. The Morgan fingerprint density at radius 3 is 2.64 bits per heavy atom. The molecule has 1 N–H and O–H groups in total. The number of hydrogen-bond acceptors (Lipinski definition) is 2. The summed E-state index contributed by atoms with van der Waals surface area (Å²) in [7, 11) is 0. The first kappa shape index (κ1) is 14.6. The van der Waals surface area contributed by atoms with Crippen LogP contribution in [0.15, 0.2) is 48.5 Å². The molecule has 1 saturated heterocycles. The average molecular weight is 295 g/mol. The molecule has 1 aliphatic heterocycles. The predicted molar refractivity (Wildman–Crippen MR) is 87.8 cm³/mol. The first-order valence-corrected chi connectivity index (χ1v) is 7.89. The van der Waals surface area contributed by atoms with Gasteiger partial charge < -0.3 is 10.1 Å². The molecule has 1 heterocycles. The maximum absolute atomic E-state index is 11.5. The van der Waals surface area contributed by atoms with Gasteiger partial charge in [0.15, 0.2) is 0 Å². The minimum Gasteiger partial charge on any atom is -0.493 e. The Bertz CT molecular complexity index is 649. The monoisotopic (exact) mass is 295 g/mol. The maximum atomic E-state index is 11.5. The van der Waals surface area contributed by atoms with Crippen molar-refractivity contribution in [3.05, 3.63) is 54.1 Å². The number of carbonyl (C=O) groups excluding carboxylic acids is 1. The van der Waals surface area contributed by atoms with Crippen LogP contribution >= 0.6 is 0 Å². The molecule has 3 rings (SSSR count). The Morgan fingerprint density at radius 2 is 1.91 bits per heavy atom. The van der Waals surface area contributed by atoms with Crippen molar-refractivity contribution < 1.29 is 9.53 Å². The van der Waals surface area contributed by atoms with E-state index in [0.717, 1.165) is 29.7 Å². The van der Waals surface area contributed by atoms with Crippen LogP contribution in [0.2, 0.25) is 0 Å². The van der Waals surface area contributed by atoms with Crippen molar-refractivity contribution in [2.75, 3.05) is 6.61 Å². The van der Waals surface area contributed by atoms with Crippen LogP contribution in [0.3, 0.4) is 0 Å². The summed E-state index contributed by atoms with van der Waals surface area (Å²) >= 11 is 0. The van der Waals surface area contributed by atoms with Crippen molar-refractivity contribution in [1.82, 2.24) is 5.32 Å². The summed E-state index contributed by atoms with van der Waals surface area (Å²) in [5.41, 5.74) is 3.41. The second kappa shape index (κ2) is 6.65. The summed E-state index contributed by atoms with van der Waals surface area (Å²) < 4.78 is 5.70. The van der Waals surface area contributed by atoms with Gasteiger partial charge in [0.05, 0.1) is 12.6 Å². The van der Waals surface area contributed by atoms with Crippen LogP contribution in [0.1, 0.15) is 37.8 Å². The molecule has 2 aromatic rings. The lowest BCUT2D eigenvalue weighted by Crippen LogP contribution is -2.32. The molecule has 0 aromatic heterocycles. The van der Waals surface area contributed by atoms with Crippen LogP contribution in [0.5, 0.6) is 5.75 Å². The summed E-state index contributed by atoms with van der Waals surface area (Å²) in [6, 6.07) is 16.6. The largest absolute Gasteiger partial charge is 0.493 e. The maximum Gasteiger partial charge on any atom is 0.220 e. The molecule has 1 atom stereocenters. The van der Waals surface area contributed by atoms with Crippen LogP contribution in [0.4, 0.5) is 0 Å². The predicted octanol–water partition coefficient (Wildman–Crippen LogP) is 4.09. The molecule has 114 valence electrons. The molecule has 1 fully saturated rings. The van der Waals surface area contributed by atoms with Gasteiger partial charge in [0, 0.05) is 12.0 Å². The highest BCUT2D eigenvalue weighted by molar-refractivity contribution is 5.77. The molecule has 1 amide bonds. The number of benzene rings is 2. The molecule has 0 saturated carbocycles. The van der Waals surface area contributed by atoms with Gasteiger partial charge >= 0.3 is 0 Å². The van der Waals surface area contributed by atoms with E-state index in [1.807, 2.05) is 25.1 Å². The van der Waals surface area contributed by atoms with Gasteiger partial charge in [0.25, 0.3) is 0 Å². The van der Waals surface area contributed by atoms with Crippen molar-refractivity contribution in [2.45, 2.75) is 32.2 Å². The van der Waals surface area contributed by atoms with Crippen LogP contribution < -0.4 is 10.1 Å². The molecule has 0 aliphatic carbocycles. The SMILES string of the molecule is CCOc1ccccc1-c1ccc([C@H]2CCCC(=O)N2)cc1. The Hall–Kier alpha value is -2.29. The molecule has 0 bridgehead atoms. The number of amides is 1. The van der Waals surface area contributed by atoms with Crippen LogP contribution in [0.25, 0.3) is 11.1 Å². The first-order valence-electron chi connectivity index (χ1n) is 7.89. The van der Waals surface area contributed by atoms with Gasteiger partial charge in [-0.2, -0.15) is 0 Å². The average Bonchev–Trinajstić information content (AvgIpc) is 2.56. The molecule has 2 aromatic carbocycles. The number of nitrogens with one attached hydrogen (secondary N) is 1. The summed E-state index contributed by atoms with van der Waals surface area (Å²) in [4.78, 5) is 11.5. The number of rotatable bonds is 4. The van der Waals surface area contributed by atoms with Crippen molar-refractivity contribution in [3.8, 4) is 16.9 Å². The lowest BCUT2D eigenvalue weighted by molar-refractivity contribution is -0.123. The molecule has 3 heteroatoms. The van der Waals surface area contributed by atoms with E-state index in [4.69, 9.17) is 4.74 Å². The van der Waals surface area contributed by atoms with E-state index in [9.17, 15) is 4.79 Å². The standard InChI is InChI=1S/C19H21NO2/c1-2-22-18-8-4-3-6-16(18)14-10-12-15(13-11-14)17-7-5-9-19(21)20-17/h3-4,6,8,10-13,17H,2,5,7,9H2,1H3,(H,20,21)/t17-/m1/s1. The zero-order chi connectivity index (χ0) is 15.4. The normalized spacial score (nSPS) is 17.9. The summed E-state index contributed by atoms with van der Waals surface area (Å²) in [6.07, 6.45) is 2.63. The Labute approximate surface area is 131 Å². The fraction of sp³-hybridized carbons (Fsp3) is 0.316. The summed E-state index contributed by atoms with van der Waals surface area (Å²) in [5.74, 6) is 1.06. The third-order valence-electron chi connectivity index (χ3n) is 4.04. The lowest BCUT2D eigenvalue weighted by Gasteiger charge is -2.23. The first-order chi connectivity index (χ1) is 10.8. The van der Waals surface area contributed by atoms with Gasteiger partial charge in [-0.05, 0) is 37.0 Å². The molecule has 3 nitrogen and oxygen atoms in total. The zero-order valence-corrected chi connectivity index (χ0v) is 12.8. The Kier molecular flexibility index (Phi) is 4.42. The van der Waals surface area contributed by atoms with Crippen molar-refractivity contribution in [2.24, 2.45) is 0 Å². The number of ether oxygens (including phenoxy) is 1. The fourth-order valence-corrected chi connectivity index (χ4v) is 2.94. The summed E-state index contributed by atoms with van der Waals surface area (Å²) in [5, 5.41) is 3.06. The molecule has 22 heavy (non-hydrogen) atoms. The smallest absolute Gasteiger partial charge is 0.220 e. The second-order valence-electron chi connectivity index (χ2n) is 5.56. The molecular formula is C19H21NO2. The van der Waals surface area contributed by atoms with E-state index < -0.39 is 0 Å². The highest BCUT2D eigenvalue weighted by Crippen LogP contribution is 2.31. The highest BCUT2D eigenvalue weighted by Gasteiger charge is 2.19. The van der Waals surface area contributed by atoms with Crippen molar-refractivity contribution in [1.29, 1.82) is 0 Å². The van der Waals surface area contributed by atoms with Crippen molar-refractivity contribution >= 4 is 5.91 Å². The van der Waals surface area contributed by atoms with E-state index in [2.05, 4.69) is 35.6 Å². The fourth-order valence-electron chi connectivity index (χ4n) is 2.94. The van der Waals surface area contributed by atoms with E-state index in [1.165, 1.54) is 5.56 Å². The quantitative estimate of drug-likeness (QED) is 0.922. The van der Waals surface area contributed by atoms with E-state index in [1.54, 1.807) is 0 Å². The van der Waals surface area contributed by atoms with Gasteiger partial charge in [-0.25, -0.2) is 0 Å². The number of carbonyl (C=O) groups is 1. The number of piperidine rings is 1. The van der Waals surface area contributed by atoms with Crippen LogP contribution in [-0.4, -0.2) is 12.5 Å². The molecule has 1 aliphatic rings. The number of para-hydroxylation sites is 1. The van der Waals surface area contributed by atoms with Gasteiger partial charge in [-0.15, -0.1) is 0 Å². The van der Waals surface area contributed by atoms with E-state index in [-0.39, 0.29) is 11.9 Å². The van der Waals surface area contributed by atoms with Gasteiger partial charge in [0.2, 0.25) is 5.91 Å². The Balaban J connectivity index is 1.84. The minimum absolute atomic E-state index is 0.150. The molecule has 0 radical (unpaired) electrons. The van der Waals surface area contributed by atoms with Crippen molar-refractivity contribution in [3.63, 3.8) is 0 Å². The lowest BCUT2D eigenvalue weighted by atomic mass is 9.95. The van der Waals surface area contributed by atoms with E-state index in [0.29, 0.717) is 13.0 Å². The van der Waals surface area contributed by atoms with Crippen LogP contribution in [-0.2, 0) is 4.79 Å². The second-order valence-corrected chi connectivity index (χ2v) is 5.56. The topological polar surface area (TPSA) is 38.3 Å². The van der Waals surface area contributed by atoms with Crippen LogP contribution in [0, 0.1) is 0 Å². The van der Waals surface area contributed by atoms with Gasteiger partial charge in [-0.3, -0.25) is 4.79 Å². The van der Waals surface area contributed by atoms with Gasteiger partial charge in [-0.1, -0.05) is 42.5 Å². The van der Waals surface area contributed by atoms with E-state index >= 15 is 0 Å². The molecule has 0 unspecified atom stereocenters. The molecular weight excluding hydrogens is 274 g/mol. The zero-order valence-electron chi connectivity index (χ0n) is 12.8. The summed E-state index contributed by atoms with van der Waals surface area (Å²) in [6.45, 7) is 2.65. The third kappa shape index (κ3) is 3.14. The highest BCUT2D eigenvalue weighted by atomic mass is 16.5. The third-order valence-corrected chi connectivity index (χ3v) is 4.04. The van der Waals surface area contributed by atoms with Gasteiger partial charge in [0.1, 0.15) is 5.75 Å². The Morgan fingerprint density at radius 1 is 1.14 bits per heavy atom. The minimum atomic E-state index is 0.150.